The van der Waals surface area contributed by atoms with Gasteiger partial charge in [0, 0.05) is 35.9 Å². The fourth-order valence-electron chi connectivity index (χ4n) is 2.41. The molecule has 1 aromatic heterocycles. The van der Waals surface area contributed by atoms with Crippen molar-refractivity contribution in [2.24, 2.45) is 7.05 Å². The lowest BCUT2D eigenvalue weighted by Crippen LogP contribution is -2.22. The predicted molar refractivity (Wildman–Crippen MR) is 82.2 cm³/mol. The number of nitrogens with one attached hydrogen (secondary N) is 1. The number of anilines is 1. The minimum atomic E-state index is -1.10. The Morgan fingerprint density at radius 3 is 2.52 bits per heavy atom. The molecule has 0 saturated heterocycles. The molecule has 0 radical (unpaired) electrons. The monoisotopic (exact) mass is 314 g/mol. The van der Waals surface area contributed by atoms with E-state index in [2.05, 4.69) is 5.32 Å². The van der Waals surface area contributed by atoms with Gasteiger partial charge in [-0.3, -0.25) is 9.59 Å². The van der Waals surface area contributed by atoms with Crippen molar-refractivity contribution in [1.82, 2.24) is 4.57 Å². The van der Waals surface area contributed by atoms with E-state index in [1.54, 1.807) is 29.9 Å². The highest BCUT2D eigenvalue weighted by Gasteiger charge is 2.21. The lowest BCUT2D eigenvalue weighted by atomic mass is 10.1. The normalized spacial score (nSPS) is 10.7. The zero-order chi connectivity index (χ0) is 16.6. The lowest BCUT2D eigenvalue weighted by molar-refractivity contribution is -0.112. The third-order valence-electron chi connectivity index (χ3n) is 3.53. The van der Waals surface area contributed by atoms with E-state index < -0.39 is 23.3 Å². The van der Waals surface area contributed by atoms with Crippen LogP contribution in [0.15, 0.2) is 48.7 Å². The van der Waals surface area contributed by atoms with Gasteiger partial charge in [0.05, 0.1) is 5.56 Å². The Morgan fingerprint density at radius 2 is 1.78 bits per heavy atom. The van der Waals surface area contributed by atoms with E-state index in [1.165, 1.54) is 6.07 Å². The number of ketones is 1. The van der Waals surface area contributed by atoms with Crippen LogP contribution in [0.2, 0.25) is 0 Å². The van der Waals surface area contributed by atoms with Crippen LogP contribution in [0.5, 0.6) is 0 Å². The molecule has 0 atom stereocenters. The summed E-state index contributed by atoms with van der Waals surface area (Å²) in [6.07, 6.45) is 1.57. The molecular formula is C17H12F2N2O2. The molecule has 0 fully saturated rings. The number of nitrogens with zero attached hydrogens (tertiary/aromatic N) is 1. The fourth-order valence-corrected chi connectivity index (χ4v) is 2.41. The number of benzene rings is 2. The maximum atomic E-state index is 13.2. The van der Waals surface area contributed by atoms with E-state index in [-0.39, 0.29) is 11.3 Å². The van der Waals surface area contributed by atoms with Crippen LogP contribution in [0, 0.1) is 11.6 Å². The minimum absolute atomic E-state index is 0.0162. The van der Waals surface area contributed by atoms with Crippen LogP contribution >= 0.6 is 0 Å². The molecule has 3 rings (SSSR count). The van der Waals surface area contributed by atoms with E-state index in [4.69, 9.17) is 0 Å². The van der Waals surface area contributed by atoms with E-state index >= 15 is 0 Å². The van der Waals surface area contributed by atoms with Crippen LogP contribution in [0.25, 0.3) is 10.9 Å². The highest BCUT2D eigenvalue weighted by atomic mass is 19.2. The van der Waals surface area contributed by atoms with Gasteiger partial charge in [0.2, 0.25) is 0 Å². The molecule has 1 heterocycles. The fraction of sp³-hybridized carbons (Fsp3) is 0.0588. The van der Waals surface area contributed by atoms with E-state index in [1.807, 2.05) is 12.1 Å². The van der Waals surface area contributed by atoms with Gasteiger partial charge in [-0.25, -0.2) is 8.78 Å². The summed E-state index contributed by atoms with van der Waals surface area (Å²) in [5, 5.41) is 2.93. The largest absolute Gasteiger partial charge is 0.350 e. The van der Waals surface area contributed by atoms with Gasteiger partial charge in [-0.05, 0) is 18.2 Å². The highest BCUT2D eigenvalue weighted by molar-refractivity contribution is 6.48. The summed E-state index contributed by atoms with van der Waals surface area (Å²) >= 11 is 0. The summed E-state index contributed by atoms with van der Waals surface area (Å²) in [6, 6.07) is 10.1. The molecule has 116 valence electrons. The van der Waals surface area contributed by atoms with Crippen molar-refractivity contribution in [1.29, 1.82) is 0 Å². The molecule has 0 aliphatic rings. The molecular weight excluding hydrogens is 302 g/mol. The summed E-state index contributed by atoms with van der Waals surface area (Å²) in [4.78, 5) is 24.4. The molecule has 2 aromatic carbocycles. The minimum Gasteiger partial charge on any atom is -0.350 e. The summed E-state index contributed by atoms with van der Waals surface area (Å²) < 4.78 is 27.8. The number of amides is 1. The SMILES string of the molecule is Cn1cc(C(=O)C(=O)Nc2ccc(F)c(F)c2)c2ccccc21. The Morgan fingerprint density at radius 1 is 1.04 bits per heavy atom. The number of hydrogen-bond donors (Lipinski definition) is 1. The third-order valence-corrected chi connectivity index (χ3v) is 3.53. The Bertz CT molecular complexity index is 931. The molecule has 0 unspecified atom stereocenters. The highest BCUT2D eigenvalue weighted by Crippen LogP contribution is 2.21. The number of carbonyl (C=O) groups excluding carboxylic acids is 2. The van der Waals surface area contributed by atoms with Crippen molar-refractivity contribution in [3.63, 3.8) is 0 Å². The summed E-state index contributed by atoms with van der Waals surface area (Å²) in [6.45, 7) is 0. The van der Waals surface area contributed by atoms with Crippen LogP contribution in [0.3, 0.4) is 0 Å². The summed E-state index contributed by atoms with van der Waals surface area (Å²) in [5.74, 6) is -3.78. The molecule has 0 bridgehead atoms. The number of halogens is 2. The maximum Gasteiger partial charge on any atom is 0.296 e. The van der Waals surface area contributed by atoms with Crippen molar-refractivity contribution in [2.75, 3.05) is 5.32 Å². The number of rotatable bonds is 3. The topological polar surface area (TPSA) is 51.1 Å². The number of fused-ring (bicyclic) bond motifs is 1. The van der Waals surface area contributed by atoms with E-state index in [0.717, 1.165) is 17.6 Å². The first kappa shape index (κ1) is 14.9. The smallest absolute Gasteiger partial charge is 0.296 e. The Balaban J connectivity index is 1.89. The second-order valence-corrected chi connectivity index (χ2v) is 5.08. The number of aromatic nitrogens is 1. The van der Waals surface area contributed by atoms with Crippen LogP contribution in [0.1, 0.15) is 10.4 Å². The van der Waals surface area contributed by atoms with Crippen molar-refractivity contribution < 1.29 is 18.4 Å². The lowest BCUT2D eigenvalue weighted by Gasteiger charge is -2.04. The molecule has 23 heavy (non-hydrogen) atoms. The number of aryl methyl sites for hydroxylation is 1. The van der Waals surface area contributed by atoms with Crippen molar-refractivity contribution >= 4 is 28.3 Å². The zero-order valence-electron chi connectivity index (χ0n) is 12.1. The van der Waals surface area contributed by atoms with Gasteiger partial charge in [-0.2, -0.15) is 0 Å². The molecule has 1 amide bonds. The molecule has 6 heteroatoms. The average Bonchev–Trinajstić information content (AvgIpc) is 2.88. The second kappa shape index (κ2) is 5.64. The first-order valence-corrected chi connectivity index (χ1v) is 6.82. The summed E-state index contributed by atoms with van der Waals surface area (Å²) in [5.41, 5.74) is 1.09. The van der Waals surface area contributed by atoms with Gasteiger partial charge in [0.25, 0.3) is 11.7 Å². The van der Waals surface area contributed by atoms with Gasteiger partial charge in [0.1, 0.15) is 0 Å². The molecule has 4 nitrogen and oxygen atoms in total. The summed E-state index contributed by atoms with van der Waals surface area (Å²) in [7, 11) is 1.77. The Kier molecular flexibility index (Phi) is 3.65. The third kappa shape index (κ3) is 2.70. The van der Waals surface area contributed by atoms with Gasteiger partial charge in [-0.15, -0.1) is 0 Å². The van der Waals surface area contributed by atoms with Crippen LogP contribution in [0.4, 0.5) is 14.5 Å². The van der Waals surface area contributed by atoms with Crippen LogP contribution in [-0.2, 0) is 11.8 Å². The zero-order valence-corrected chi connectivity index (χ0v) is 12.1. The molecule has 0 aliphatic heterocycles. The second-order valence-electron chi connectivity index (χ2n) is 5.08. The standard InChI is InChI=1S/C17H12F2N2O2/c1-21-9-12(11-4-2-3-5-15(11)21)16(22)17(23)20-10-6-7-13(18)14(19)8-10/h2-9H,1H3,(H,20,23). The van der Waals surface area contributed by atoms with Gasteiger partial charge >= 0.3 is 0 Å². The quantitative estimate of drug-likeness (QED) is 0.596. The van der Waals surface area contributed by atoms with Gasteiger partial charge in [-0.1, -0.05) is 18.2 Å². The number of Topliss-reactive ketones (excluding diaryl/α,β-unsaturated/α-hetero) is 1. The first-order valence-electron chi connectivity index (χ1n) is 6.82. The molecule has 0 saturated carbocycles. The van der Waals surface area contributed by atoms with Crippen LogP contribution in [-0.4, -0.2) is 16.3 Å². The predicted octanol–water partition coefficient (Wildman–Crippen LogP) is 3.28. The Labute approximate surface area is 130 Å². The number of hydrogen-bond acceptors (Lipinski definition) is 2. The number of para-hydroxylation sites is 1. The number of carbonyl (C=O) groups is 2. The van der Waals surface area contributed by atoms with E-state index in [9.17, 15) is 18.4 Å². The van der Waals surface area contributed by atoms with Gasteiger partial charge in [0.15, 0.2) is 11.6 Å². The molecule has 1 N–H and O–H groups in total. The molecule has 3 aromatic rings. The first-order chi connectivity index (χ1) is 11.0. The van der Waals surface area contributed by atoms with Crippen molar-refractivity contribution in [3.8, 4) is 0 Å². The Hall–Kier alpha value is -3.02. The van der Waals surface area contributed by atoms with E-state index in [0.29, 0.717) is 5.39 Å². The molecule has 0 aliphatic carbocycles. The molecule has 0 spiro atoms. The van der Waals surface area contributed by atoms with Gasteiger partial charge < -0.3 is 9.88 Å². The maximum absolute atomic E-state index is 13.2. The average molecular weight is 314 g/mol. The van der Waals surface area contributed by atoms with Crippen LogP contribution < -0.4 is 5.32 Å². The van der Waals surface area contributed by atoms with Crippen molar-refractivity contribution in [2.45, 2.75) is 0 Å². The van der Waals surface area contributed by atoms with Crippen molar-refractivity contribution in [3.05, 3.63) is 65.9 Å².